The number of hydrogen-bond donors (Lipinski definition) is 1. The molecule has 1 N–H and O–H groups in total. The van der Waals surface area contributed by atoms with E-state index in [2.05, 4.69) is 5.32 Å². The first-order valence-corrected chi connectivity index (χ1v) is 8.34. The van der Waals surface area contributed by atoms with Crippen LogP contribution in [0.3, 0.4) is 0 Å². The topological polar surface area (TPSA) is 49.4 Å². The van der Waals surface area contributed by atoms with E-state index in [-0.39, 0.29) is 11.8 Å². The van der Waals surface area contributed by atoms with Gasteiger partial charge in [-0.15, -0.1) is 11.8 Å². The van der Waals surface area contributed by atoms with Crippen LogP contribution >= 0.6 is 11.8 Å². The first-order chi connectivity index (χ1) is 10.1. The highest BCUT2D eigenvalue weighted by Gasteiger charge is 2.16. The zero-order valence-corrected chi connectivity index (χ0v) is 13.4. The van der Waals surface area contributed by atoms with Crippen molar-refractivity contribution in [2.75, 3.05) is 25.2 Å². The number of rotatable bonds is 5. The van der Waals surface area contributed by atoms with Crippen LogP contribution in [0, 0.1) is 0 Å². The Labute approximate surface area is 130 Å². The predicted molar refractivity (Wildman–Crippen MR) is 87.8 cm³/mol. The molecule has 0 unspecified atom stereocenters. The minimum atomic E-state index is -0.0373. The Bertz CT molecular complexity index is 494. The fourth-order valence-electron chi connectivity index (χ4n) is 2.40. The summed E-state index contributed by atoms with van der Waals surface area (Å²) < 4.78 is 0. The summed E-state index contributed by atoms with van der Waals surface area (Å²) in [6, 6.07) is 7.02. The average molecular weight is 306 g/mol. The van der Waals surface area contributed by atoms with E-state index in [9.17, 15) is 9.59 Å². The molecule has 1 aliphatic rings. The second-order valence-corrected chi connectivity index (χ2v) is 6.83. The molecule has 0 aromatic heterocycles. The lowest BCUT2D eigenvalue weighted by Crippen LogP contribution is -2.21. The molecule has 5 heteroatoms. The largest absolute Gasteiger partial charge is 0.345 e. The van der Waals surface area contributed by atoms with E-state index in [1.54, 1.807) is 50.1 Å². The monoisotopic (exact) mass is 306 g/mol. The Morgan fingerprint density at radius 3 is 2.38 bits per heavy atom. The summed E-state index contributed by atoms with van der Waals surface area (Å²) in [5.74, 6) is 0.492. The van der Waals surface area contributed by atoms with E-state index in [0.29, 0.717) is 16.6 Å². The number of anilines is 1. The van der Waals surface area contributed by atoms with Crippen molar-refractivity contribution in [3.05, 3.63) is 29.8 Å². The maximum Gasteiger partial charge on any atom is 0.253 e. The molecule has 1 fully saturated rings. The lowest BCUT2D eigenvalue weighted by atomic mass is 10.2. The SMILES string of the molecule is CN(C)C(=O)c1ccc(NC(=O)CSC2CCCC2)cc1. The van der Waals surface area contributed by atoms with E-state index in [0.717, 1.165) is 5.69 Å². The van der Waals surface area contributed by atoms with Crippen molar-refractivity contribution in [3.8, 4) is 0 Å². The molecule has 0 aliphatic heterocycles. The van der Waals surface area contributed by atoms with E-state index in [4.69, 9.17) is 0 Å². The molecule has 1 saturated carbocycles. The predicted octanol–water partition coefficient (Wildman–Crippen LogP) is 3.00. The molecular weight excluding hydrogens is 284 g/mol. The molecule has 0 spiro atoms. The van der Waals surface area contributed by atoms with Gasteiger partial charge in [0.2, 0.25) is 5.91 Å². The van der Waals surface area contributed by atoms with Gasteiger partial charge in [-0.2, -0.15) is 0 Å². The Morgan fingerprint density at radius 2 is 1.81 bits per heavy atom. The summed E-state index contributed by atoms with van der Waals surface area (Å²) in [4.78, 5) is 25.2. The summed E-state index contributed by atoms with van der Waals surface area (Å²) in [6.07, 6.45) is 5.06. The number of carbonyl (C=O) groups excluding carboxylic acids is 2. The summed E-state index contributed by atoms with van der Waals surface area (Å²) in [7, 11) is 3.44. The van der Waals surface area contributed by atoms with Gasteiger partial charge in [0.05, 0.1) is 5.75 Å². The van der Waals surface area contributed by atoms with Crippen LogP contribution < -0.4 is 5.32 Å². The highest BCUT2D eigenvalue weighted by Crippen LogP contribution is 2.29. The van der Waals surface area contributed by atoms with Gasteiger partial charge in [0.15, 0.2) is 0 Å². The molecule has 0 atom stereocenters. The lowest BCUT2D eigenvalue weighted by Gasteiger charge is -2.11. The second kappa shape index (κ2) is 7.50. The minimum absolute atomic E-state index is 0.0265. The van der Waals surface area contributed by atoms with Crippen molar-refractivity contribution < 1.29 is 9.59 Å². The van der Waals surface area contributed by atoms with Crippen LogP contribution in [0.2, 0.25) is 0 Å². The van der Waals surface area contributed by atoms with Gasteiger partial charge in [0.25, 0.3) is 5.91 Å². The van der Waals surface area contributed by atoms with Gasteiger partial charge in [-0.3, -0.25) is 9.59 Å². The Balaban J connectivity index is 1.82. The summed E-state index contributed by atoms with van der Waals surface area (Å²) in [6.45, 7) is 0. The molecule has 2 amide bonds. The summed E-state index contributed by atoms with van der Waals surface area (Å²) >= 11 is 1.75. The second-order valence-electron chi connectivity index (χ2n) is 5.54. The standard InChI is InChI=1S/C16H22N2O2S/c1-18(2)16(20)12-7-9-13(10-8-12)17-15(19)11-21-14-5-3-4-6-14/h7-10,14H,3-6,11H2,1-2H3,(H,17,19). The maximum atomic E-state index is 11.9. The molecule has 1 aromatic rings. The molecule has 0 radical (unpaired) electrons. The minimum Gasteiger partial charge on any atom is -0.345 e. The van der Waals surface area contributed by atoms with Crippen LogP contribution in [0.4, 0.5) is 5.69 Å². The first-order valence-electron chi connectivity index (χ1n) is 7.29. The number of amides is 2. The highest BCUT2D eigenvalue weighted by atomic mass is 32.2. The Morgan fingerprint density at radius 1 is 1.19 bits per heavy atom. The van der Waals surface area contributed by atoms with Gasteiger partial charge in [-0.1, -0.05) is 12.8 Å². The number of nitrogens with zero attached hydrogens (tertiary/aromatic N) is 1. The quantitative estimate of drug-likeness (QED) is 0.910. The van der Waals surface area contributed by atoms with Crippen molar-refractivity contribution >= 4 is 29.3 Å². The molecule has 21 heavy (non-hydrogen) atoms. The van der Waals surface area contributed by atoms with Crippen LogP contribution in [-0.4, -0.2) is 41.8 Å². The first kappa shape index (κ1) is 15.9. The van der Waals surface area contributed by atoms with Gasteiger partial charge < -0.3 is 10.2 Å². The van der Waals surface area contributed by atoms with Crippen LogP contribution in [-0.2, 0) is 4.79 Å². The molecule has 0 bridgehead atoms. The molecule has 1 aromatic carbocycles. The van der Waals surface area contributed by atoms with E-state index in [1.165, 1.54) is 30.6 Å². The fourth-order valence-corrected chi connectivity index (χ4v) is 3.53. The molecule has 0 saturated heterocycles. The van der Waals surface area contributed by atoms with Crippen molar-refractivity contribution in [1.29, 1.82) is 0 Å². The average Bonchev–Trinajstić information content (AvgIpc) is 2.98. The van der Waals surface area contributed by atoms with Crippen LogP contribution in [0.1, 0.15) is 36.0 Å². The smallest absolute Gasteiger partial charge is 0.253 e. The normalized spacial score (nSPS) is 15.0. The van der Waals surface area contributed by atoms with Gasteiger partial charge in [0, 0.05) is 30.6 Å². The van der Waals surface area contributed by atoms with E-state index < -0.39 is 0 Å². The molecule has 114 valence electrons. The fraction of sp³-hybridized carbons (Fsp3) is 0.500. The van der Waals surface area contributed by atoms with Gasteiger partial charge in [-0.05, 0) is 37.1 Å². The third kappa shape index (κ3) is 4.77. The number of carbonyl (C=O) groups is 2. The van der Waals surface area contributed by atoms with Gasteiger partial charge in [-0.25, -0.2) is 0 Å². The van der Waals surface area contributed by atoms with Crippen molar-refractivity contribution in [1.82, 2.24) is 4.90 Å². The highest BCUT2D eigenvalue weighted by molar-refractivity contribution is 8.00. The van der Waals surface area contributed by atoms with Crippen molar-refractivity contribution in [2.45, 2.75) is 30.9 Å². The van der Waals surface area contributed by atoms with Gasteiger partial charge in [0.1, 0.15) is 0 Å². The van der Waals surface area contributed by atoms with E-state index in [1.807, 2.05) is 0 Å². The third-order valence-electron chi connectivity index (χ3n) is 3.57. The molecule has 4 nitrogen and oxygen atoms in total. The summed E-state index contributed by atoms with van der Waals surface area (Å²) in [5.41, 5.74) is 1.36. The van der Waals surface area contributed by atoms with Crippen LogP contribution in [0.15, 0.2) is 24.3 Å². The number of thioether (sulfide) groups is 1. The zero-order valence-electron chi connectivity index (χ0n) is 12.6. The number of benzene rings is 1. The number of hydrogen-bond acceptors (Lipinski definition) is 3. The van der Waals surface area contributed by atoms with E-state index >= 15 is 0 Å². The Kier molecular flexibility index (Phi) is 5.67. The zero-order chi connectivity index (χ0) is 15.2. The molecule has 1 aliphatic carbocycles. The van der Waals surface area contributed by atoms with Crippen LogP contribution in [0.25, 0.3) is 0 Å². The number of nitrogens with one attached hydrogen (secondary N) is 1. The maximum absolute atomic E-state index is 11.9. The third-order valence-corrected chi connectivity index (χ3v) is 4.95. The molecule has 0 heterocycles. The van der Waals surface area contributed by atoms with Crippen LogP contribution in [0.5, 0.6) is 0 Å². The molecule has 2 rings (SSSR count). The van der Waals surface area contributed by atoms with Gasteiger partial charge >= 0.3 is 0 Å². The molecular formula is C16H22N2O2S. The summed E-state index contributed by atoms with van der Waals surface area (Å²) in [5, 5.41) is 3.53. The lowest BCUT2D eigenvalue weighted by molar-refractivity contribution is -0.113. The van der Waals surface area contributed by atoms with Crippen molar-refractivity contribution in [3.63, 3.8) is 0 Å². The van der Waals surface area contributed by atoms with Crippen molar-refractivity contribution in [2.24, 2.45) is 0 Å². The Hall–Kier alpha value is -1.49.